The van der Waals surface area contributed by atoms with Gasteiger partial charge in [0.15, 0.2) is 0 Å². The monoisotopic (exact) mass is 306 g/mol. The van der Waals surface area contributed by atoms with Crippen molar-refractivity contribution in [2.24, 2.45) is 11.8 Å². The van der Waals surface area contributed by atoms with Gasteiger partial charge in [-0.3, -0.25) is 0 Å². The highest BCUT2D eigenvalue weighted by molar-refractivity contribution is 5.85. The van der Waals surface area contributed by atoms with Gasteiger partial charge in [-0.2, -0.15) is 0 Å². The van der Waals surface area contributed by atoms with E-state index in [-0.39, 0.29) is 30.5 Å². The van der Waals surface area contributed by atoms with Crippen LogP contribution in [0, 0.1) is 11.8 Å². The molecule has 1 amide bonds. The van der Waals surface area contributed by atoms with Crippen LogP contribution in [-0.2, 0) is 4.74 Å². The summed E-state index contributed by atoms with van der Waals surface area (Å²) in [6.07, 6.45) is 1.52. The van der Waals surface area contributed by atoms with Gasteiger partial charge >= 0.3 is 6.09 Å². The van der Waals surface area contributed by atoms with Gasteiger partial charge in [-0.15, -0.1) is 12.4 Å². The quantitative estimate of drug-likeness (QED) is 0.814. The normalized spacial score (nSPS) is 22.7. The number of ether oxygens (including phenoxy) is 1. The Hall–Kier alpha value is -0.520. The summed E-state index contributed by atoms with van der Waals surface area (Å²) in [6.45, 7) is 8.83. The molecule has 2 aliphatic heterocycles. The number of nitrogens with zero attached hydrogens (tertiary/aromatic N) is 1. The van der Waals surface area contributed by atoms with Crippen molar-refractivity contribution in [3.8, 4) is 0 Å². The van der Waals surface area contributed by atoms with Gasteiger partial charge in [0.25, 0.3) is 0 Å². The van der Waals surface area contributed by atoms with Crippen LogP contribution in [0.2, 0.25) is 0 Å². The summed E-state index contributed by atoms with van der Waals surface area (Å²) in [5.74, 6) is 0.600. The molecular weight excluding hydrogens is 280 g/mol. The van der Waals surface area contributed by atoms with Gasteiger partial charge in [-0.1, -0.05) is 0 Å². The average Bonchev–Trinajstić information content (AvgIpc) is 2.25. The number of halogens is 1. The maximum Gasteiger partial charge on any atom is 0.410 e. The molecule has 0 bridgehead atoms. The number of hydrogen-bond donors (Lipinski definition) is 2. The van der Waals surface area contributed by atoms with Crippen LogP contribution < -0.4 is 5.32 Å². The first kappa shape index (κ1) is 17.5. The third-order valence-electron chi connectivity index (χ3n) is 3.91. The summed E-state index contributed by atoms with van der Waals surface area (Å²) in [5, 5.41) is 13.6. The third-order valence-corrected chi connectivity index (χ3v) is 3.91. The molecule has 2 rings (SSSR count). The van der Waals surface area contributed by atoms with E-state index in [0.717, 1.165) is 25.9 Å². The SMILES string of the molecule is CC(C)(C)OC(=O)N1CC(C(O)C2CCNCC2)C1.Cl. The topological polar surface area (TPSA) is 61.8 Å². The first-order chi connectivity index (χ1) is 8.87. The van der Waals surface area contributed by atoms with E-state index in [4.69, 9.17) is 4.74 Å². The Morgan fingerprint density at radius 3 is 2.30 bits per heavy atom. The molecule has 5 nitrogen and oxygen atoms in total. The van der Waals surface area contributed by atoms with Crippen LogP contribution in [0.15, 0.2) is 0 Å². The van der Waals surface area contributed by atoms with Gasteiger partial charge < -0.3 is 20.1 Å². The Kier molecular flexibility index (Phi) is 6.10. The van der Waals surface area contributed by atoms with Gasteiger partial charge in [-0.05, 0) is 52.6 Å². The summed E-state index contributed by atoms with van der Waals surface area (Å²) >= 11 is 0. The van der Waals surface area contributed by atoms with Crippen molar-refractivity contribution in [1.29, 1.82) is 0 Å². The van der Waals surface area contributed by atoms with Gasteiger partial charge in [0.05, 0.1) is 6.10 Å². The lowest BCUT2D eigenvalue weighted by Gasteiger charge is -2.44. The van der Waals surface area contributed by atoms with Crippen molar-refractivity contribution >= 4 is 18.5 Å². The number of likely N-dealkylation sites (tertiary alicyclic amines) is 1. The molecule has 118 valence electrons. The lowest BCUT2D eigenvalue weighted by molar-refractivity contribution is -0.0512. The van der Waals surface area contributed by atoms with Crippen LogP contribution in [0.3, 0.4) is 0 Å². The summed E-state index contributed by atoms with van der Waals surface area (Å²) in [7, 11) is 0. The number of carbonyl (C=O) groups is 1. The molecular formula is C14H27ClN2O3. The molecule has 1 unspecified atom stereocenters. The molecule has 0 aromatic rings. The zero-order valence-electron chi connectivity index (χ0n) is 12.6. The second kappa shape index (κ2) is 6.96. The summed E-state index contributed by atoms with van der Waals surface area (Å²) in [5.41, 5.74) is -0.449. The largest absolute Gasteiger partial charge is 0.444 e. The lowest BCUT2D eigenvalue weighted by atomic mass is 9.81. The summed E-state index contributed by atoms with van der Waals surface area (Å²) in [4.78, 5) is 13.5. The van der Waals surface area contributed by atoms with Gasteiger partial charge in [-0.25, -0.2) is 4.79 Å². The molecule has 6 heteroatoms. The van der Waals surface area contributed by atoms with Gasteiger partial charge in [0.2, 0.25) is 0 Å². The Bertz CT molecular complexity index is 321. The van der Waals surface area contributed by atoms with E-state index in [1.165, 1.54) is 0 Å². The van der Waals surface area contributed by atoms with Gasteiger partial charge in [0, 0.05) is 19.0 Å². The zero-order chi connectivity index (χ0) is 14.0. The van der Waals surface area contributed by atoms with E-state index in [1.54, 1.807) is 4.90 Å². The molecule has 0 saturated carbocycles. The Morgan fingerprint density at radius 2 is 1.80 bits per heavy atom. The Balaban J connectivity index is 0.00000200. The minimum Gasteiger partial charge on any atom is -0.444 e. The van der Waals surface area contributed by atoms with Crippen LogP contribution >= 0.6 is 12.4 Å². The highest BCUT2D eigenvalue weighted by atomic mass is 35.5. The molecule has 20 heavy (non-hydrogen) atoms. The zero-order valence-corrected chi connectivity index (χ0v) is 13.4. The summed E-state index contributed by atoms with van der Waals surface area (Å²) in [6, 6.07) is 0. The van der Waals surface area contributed by atoms with Crippen LogP contribution in [-0.4, -0.2) is 54.0 Å². The van der Waals surface area contributed by atoms with Crippen molar-refractivity contribution in [2.45, 2.75) is 45.3 Å². The number of aliphatic hydroxyl groups excluding tert-OH is 1. The Morgan fingerprint density at radius 1 is 1.25 bits per heavy atom. The Labute approximate surface area is 127 Å². The molecule has 0 spiro atoms. The molecule has 2 aliphatic rings. The minimum absolute atomic E-state index is 0. The third kappa shape index (κ3) is 4.50. The molecule has 0 aliphatic carbocycles. The number of hydrogen-bond acceptors (Lipinski definition) is 4. The fourth-order valence-electron chi connectivity index (χ4n) is 2.77. The van der Waals surface area contributed by atoms with Crippen LogP contribution in [0.5, 0.6) is 0 Å². The number of amides is 1. The van der Waals surface area contributed by atoms with E-state index >= 15 is 0 Å². The fourth-order valence-corrected chi connectivity index (χ4v) is 2.77. The van der Waals surface area contributed by atoms with E-state index in [9.17, 15) is 9.90 Å². The van der Waals surface area contributed by atoms with E-state index in [2.05, 4.69) is 5.32 Å². The highest BCUT2D eigenvalue weighted by Gasteiger charge is 2.40. The molecule has 2 fully saturated rings. The smallest absolute Gasteiger partial charge is 0.410 e. The highest BCUT2D eigenvalue weighted by Crippen LogP contribution is 2.29. The predicted molar refractivity (Wildman–Crippen MR) is 80.1 cm³/mol. The minimum atomic E-state index is -0.449. The summed E-state index contributed by atoms with van der Waals surface area (Å²) < 4.78 is 5.31. The molecule has 0 aromatic heterocycles. The van der Waals surface area contributed by atoms with Gasteiger partial charge in [0.1, 0.15) is 5.60 Å². The average molecular weight is 307 g/mol. The molecule has 2 N–H and O–H groups in total. The van der Waals surface area contributed by atoms with Crippen LogP contribution in [0.25, 0.3) is 0 Å². The second-order valence-electron chi connectivity index (χ2n) is 6.72. The van der Waals surface area contributed by atoms with E-state index < -0.39 is 5.60 Å². The number of piperidine rings is 1. The standard InChI is InChI=1S/C14H26N2O3.ClH/c1-14(2,3)19-13(18)16-8-11(9-16)12(17)10-4-6-15-7-5-10;/h10-12,15,17H,4-9H2,1-3H3;1H. The second-order valence-corrected chi connectivity index (χ2v) is 6.72. The molecule has 1 atom stereocenters. The van der Waals surface area contributed by atoms with Crippen molar-refractivity contribution in [3.05, 3.63) is 0 Å². The van der Waals surface area contributed by atoms with E-state index in [1.807, 2.05) is 20.8 Å². The van der Waals surface area contributed by atoms with Crippen LogP contribution in [0.4, 0.5) is 4.79 Å². The molecule has 0 radical (unpaired) electrons. The lowest BCUT2D eigenvalue weighted by Crippen LogP contribution is -2.57. The van der Waals surface area contributed by atoms with E-state index in [0.29, 0.717) is 19.0 Å². The fraction of sp³-hybridized carbons (Fsp3) is 0.929. The van der Waals surface area contributed by atoms with Crippen molar-refractivity contribution in [3.63, 3.8) is 0 Å². The van der Waals surface area contributed by atoms with Crippen LogP contribution in [0.1, 0.15) is 33.6 Å². The van der Waals surface area contributed by atoms with Crippen molar-refractivity contribution in [1.82, 2.24) is 10.2 Å². The van der Waals surface area contributed by atoms with Crippen molar-refractivity contribution < 1.29 is 14.6 Å². The predicted octanol–water partition coefficient (Wildman–Crippen LogP) is 1.64. The number of nitrogens with one attached hydrogen (secondary N) is 1. The maximum absolute atomic E-state index is 11.8. The first-order valence-electron chi connectivity index (χ1n) is 7.23. The molecule has 2 saturated heterocycles. The molecule has 0 aromatic carbocycles. The molecule has 2 heterocycles. The number of aliphatic hydroxyl groups is 1. The maximum atomic E-state index is 11.8. The first-order valence-corrected chi connectivity index (χ1v) is 7.23. The number of carbonyl (C=O) groups excluding carboxylic acids is 1. The van der Waals surface area contributed by atoms with Crippen molar-refractivity contribution in [2.75, 3.05) is 26.2 Å². The number of rotatable bonds is 2.